The molecule has 0 unspecified atom stereocenters. The SMILES string of the molecule is CC(C)CCCNC(=O)Cc1ccc(N)cn1. The van der Waals surface area contributed by atoms with Gasteiger partial charge in [0, 0.05) is 12.2 Å². The molecule has 0 radical (unpaired) electrons. The predicted molar refractivity (Wildman–Crippen MR) is 69.4 cm³/mol. The molecule has 1 aromatic heterocycles. The van der Waals surface area contributed by atoms with E-state index in [0.717, 1.165) is 25.1 Å². The van der Waals surface area contributed by atoms with E-state index in [1.165, 1.54) is 0 Å². The Balaban J connectivity index is 2.23. The molecule has 1 amide bonds. The molecule has 1 aromatic rings. The van der Waals surface area contributed by atoms with Crippen molar-refractivity contribution < 1.29 is 4.79 Å². The summed E-state index contributed by atoms with van der Waals surface area (Å²) in [7, 11) is 0. The van der Waals surface area contributed by atoms with Gasteiger partial charge in [-0.1, -0.05) is 13.8 Å². The van der Waals surface area contributed by atoms with Crippen LogP contribution in [0, 0.1) is 5.92 Å². The normalized spacial score (nSPS) is 10.5. The van der Waals surface area contributed by atoms with Crippen LogP contribution in [0.2, 0.25) is 0 Å². The van der Waals surface area contributed by atoms with Crippen molar-refractivity contribution in [3.63, 3.8) is 0 Å². The molecule has 0 spiro atoms. The summed E-state index contributed by atoms with van der Waals surface area (Å²) < 4.78 is 0. The molecular formula is C13H21N3O. The Labute approximate surface area is 103 Å². The van der Waals surface area contributed by atoms with Crippen LogP contribution in [0.15, 0.2) is 18.3 Å². The van der Waals surface area contributed by atoms with E-state index in [0.29, 0.717) is 18.0 Å². The highest BCUT2D eigenvalue weighted by Crippen LogP contribution is 2.03. The molecule has 0 fully saturated rings. The Morgan fingerprint density at radius 2 is 2.24 bits per heavy atom. The molecule has 0 aliphatic carbocycles. The lowest BCUT2D eigenvalue weighted by Crippen LogP contribution is -2.26. The van der Waals surface area contributed by atoms with E-state index < -0.39 is 0 Å². The van der Waals surface area contributed by atoms with Crippen LogP contribution in [0.4, 0.5) is 5.69 Å². The van der Waals surface area contributed by atoms with Crippen LogP contribution in [-0.2, 0) is 11.2 Å². The molecule has 94 valence electrons. The van der Waals surface area contributed by atoms with Crippen molar-refractivity contribution in [2.75, 3.05) is 12.3 Å². The van der Waals surface area contributed by atoms with Gasteiger partial charge >= 0.3 is 0 Å². The fraction of sp³-hybridized carbons (Fsp3) is 0.538. The Hall–Kier alpha value is -1.58. The van der Waals surface area contributed by atoms with Crippen LogP contribution in [0.25, 0.3) is 0 Å². The summed E-state index contributed by atoms with van der Waals surface area (Å²) in [5.74, 6) is 0.705. The van der Waals surface area contributed by atoms with Gasteiger partial charge in [-0.05, 0) is 30.9 Å². The Morgan fingerprint density at radius 1 is 1.47 bits per heavy atom. The highest BCUT2D eigenvalue weighted by Gasteiger charge is 2.03. The van der Waals surface area contributed by atoms with E-state index in [2.05, 4.69) is 24.1 Å². The number of nitrogens with one attached hydrogen (secondary N) is 1. The monoisotopic (exact) mass is 235 g/mol. The summed E-state index contributed by atoms with van der Waals surface area (Å²) in [6, 6.07) is 3.54. The smallest absolute Gasteiger partial charge is 0.226 e. The Bertz CT molecular complexity index is 346. The number of pyridine rings is 1. The molecule has 4 heteroatoms. The van der Waals surface area contributed by atoms with Gasteiger partial charge in [0.05, 0.1) is 18.3 Å². The quantitative estimate of drug-likeness (QED) is 0.738. The first-order valence-electron chi connectivity index (χ1n) is 6.05. The van der Waals surface area contributed by atoms with Crippen molar-refractivity contribution in [2.45, 2.75) is 33.1 Å². The number of nitrogen functional groups attached to an aromatic ring is 1. The molecule has 0 aromatic carbocycles. The summed E-state index contributed by atoms with van der Waals surface area (Å²) in [5.41, 5.74) is 6.89. The molecule has 0 bridgehead atoms. The zero-order chi connectivity index (χ0) is 12.7. The van der Waals surface area contributed by atoms with Gasteiger partial charge in [0.25, 0.3) is 0 Å². The molecule has 4 nitrogen and oxygen atoms in total. The second-order valence-corrected chi connectivity index (χ2v) is 4.65. The van der Waals surface area contributed by atoms with Gasteiger partial charge in [-0.3, -0.25) is 9.78 Å². The third-order valence-corrected chi connectivity index (χ3v) is 2.47. The average molecular weight is 235 g/mol. The third kappa shape index (κ3) is 5.90. The largest absolute Gasteiger partial charge is 0.397 e. The van der Waals surface area contributed by atoms with Crippen molar-refractivity contribution >= 4 is 11.6 Å². The standard InChI is InChI=1S/C13H21N3O/c1-10(2)4-3-7-15-13(17)8-12-6-5-11(14)9-16-12/h5-6,9-10H,3-4,7-8,14H2,1-2H3,(H,15,17). The number of aromatic nitrogens is 1. The summed E-state index contributed by atoms with van der Waals surface area (Å²) in [4.78, 5) is 15.6. The number of nitrogens with zero attached hydrogens (tertiary/aromatic N) is 1. The summed E-state index contributed by atoms with van der Waals surface area (Å²) in [6.45, 7) is 5.10. The molecule has 1 heterocycles. The minimum absolute atomic E-state index is 0.0195. The number of anilines is 1. The Morgan fingerprint density at radius 3 is 2.82 bits per heavy atom. The fourth-order valence-electron chi connectivity index (χ4n) is 1.51. The van der Waals surface area contributed by atoms with Crippen LogP contribution >= 0.6 is 0 Å². The lowest BCUT2D eigenvalue weighted by Gasteiger charge is -2.06. The van der Waals surface area contributed by atoms with Gasteiger partial charge in [0.15, 0.2) is 0 Å². The molecule has 0 saturated heterocycles. The number of hydrogen-bond acceptors (Lipinski definition) is 3. The highest BCUT2D eigenvalue weighted by molar-refractivity contribution is 5.78. The topological polar surface area (TPSA) is 68.0 Å². The molecular weight excluding hydrogens is 214 g/mol. The maximum absolute atomic E-state index is 11.6. The molecule has 0 saturated carbocycles. The fourth-order valence-corrected chi connectivity index (χ4v) is 1.51. The lowest BCUT2D eigenvalue weighted by molar-refractivity contribution is -0.120. The lowest BCUT2D eigenvalue weighted by atomic mass is 10.1. The molecule has 0 aliphatic rings. The van der Waals surface area contributed by atoms with E-state index >= 15 is 0 Å². The van der Waals surface area contributed by atoms with E-state index in [1.807, 2.05) is 0 Å². The van der Waals surface area contributed by atoms with Crippen LogP contribution in [0.3, 0.4) is 0 Å². The van der Waals surface area contributed by atoms with Gasteiger partial charge < -0.3 is 11.1 Å². The maximum atomic E-state index is 11.6. The van der Waals surface area contributed by atoms with Gasteiger partial charge in [-0.25, -0.2) is 0 Å². The minimum atomic E-state index is 0.0195. The van der Waals surface area contributed by atoms with Crippen LogP contribution in [-0.4, -0.2) is 17.4 Å². The number of rotatable bonds is 6. The maximum Gasteiger partial charge on any atom is 0.226 e. The van der Waals surface area contributed by atoms with Crippen molar-refractivity contribution in [2.24, 2.45) is 5.92 Å². The average Bonchev–Trinajstić information content (AvgIpc) is 2.27. The van der Waals surface area contributed by atoms with Crippen LogP contribution in [0.1, 0.15) is 32.4 Å². The van der Waals surface area contributed by atoms with Crippen LogP contribution in [0.5, 0.6) is 0 Å². The number of carbonyl (C=O) groups excluding carboxylic acids is 1. The number of carbonyl (C=O) groups is 1. The van der Waals surface area contributed by atoms with Gasteiger partial charge in [0.1, 0.15) is 0 Å². The van der Waals surface area contributed by atoms with Gasteiger partial charge in [0.2, 0.25) is 5.91 Å². The second-order valence-electron chi connectivity index (χ2n) is 4.65. The first kappa shape index (κ1) is 13.5. The number of amides is 1. The van der Waals surface area contributed by atoms with Crippen molar-refractivity contribution in [1.29, 1.82) is 0 Å². The van der Waals surface area contributed by atoms with Crippen molar-refractivity contribution in [1.82, 2.24) is 10.3 Å². The van der Waals surface area contributed by atoms with E-state index in [4.69, 9.17) is 5.73 Å². The number of nitrogens with two attached hydrogens (primary N) is 1. The zero-order valence-corrected chi connectivity index (χ0v) is 10.6. The predicted octanol–water partition coefficient (Wildman–Crippen LogP) is 1.76. The minimum Gasteiger partial charge on any atom is -0.397 e. The van der Waals surface area contributed by atoms with E-state index in [1.54, 1.807) is 18.3 Å². The molecule has 17 heavy (non-hydrogen) atoms. The van der Waals surface area contributed by atoms with Gasteiger partial charge in [-0.15, -0.1) is 0 Å². The summed E-state index contributed by atoms with van der Waals surface area (Å²) >= 11 is 0. The van der Waals surface area contributed by atoms with Crippen molar-refractivity contribution in [3.05, 3.63) is 24.0 Å². The first-order chi connectivity index (χ1) is 8.08. The molecule has 1 rings (SSSR count). The summed E-state index contributed by atoms with van der Waals surface area (Å²) in [6.07, 6.45) is 4.06. The molecule has 0 atom stereocenters. The first-order valence-corrected chi connectivity index (χ1v) is 6.05. The molecule has 0 aliphatic heterocycles. The van der Waals surface area contributed by atoms with Gasteiger partial charge in [-0.2, -0.15) is 0 Å². The summed E-state index contributed by atoms with van der Waals surface area (Å²) in [5, 5.41) is 2.89. The third-order valence-electron chi connectivity index (χ3n) is 2.47. The Kier molecular flexibility index (Phi) is 5.46. The second kappa shape index (κ2) is 6.89. The highest BCUT2D eigenvalue weighted by atomic mass is 16.1. The zero-order valence-electron chi connectivity index (χ0n) is 10.6. The van der Waals surface area contributed by atoms with Crippen LogP contribution < -0.4 is 11.1 Å². The van der Waals surface area contributed by atoms with E-state index in [9.17, 15) is 4.79 Å². The molecule has 3 N–H and O–H groups in total. The number of hydrogen-bond donors (Lipinski definition) is 2. The van der Waals surface area contributed by atoms with Crippen molar-refractivity contribution in [3.8, 4) is 0 Å². The van der Waals surface area contributed by atoms with E-state index in [-0.39, 0.29) is 5.91 Å².